The molecule has 2 aromatic rings. The van der Waals surface area contributed by atoms with Crippen molar-refractivity contribution >= 4 is 39.2 Å². The smallest absolute Gasteiger partial charge is 0.174 e. The molecule has 0 amide bonds. The van der Waals surface area contributed by atoms with E-state index in [2.05, 4.69) is 57.3 Å². The molecule has 1 atom stereocenters. The lowest BCUT2D eigenvalue weighted by atomic mass is 10.1. The van der Waals surface area contributed by atoms with Gasteiger partial charge in [-0.05, 0) is 58.0 Å². The van der Waals surface area contributed by atoms with Gasteiger partial charge in [-0.1, -0.05) is 31.7 Å². The van der Waals surface area contributed by atoms with Crippen molar-refractivity contribution in [3.63, 3.8) is 0 Å². The molecule has 1 aromatic carbocycles. The van der Waals surface area contributed by atoms with E-state index in [4.69, 9.17) is 5.73 Å². The Balaban J connectivity index is 2.09. The SMILES string of the molecule is CCc1nsc(Sc2ccc(CC(N)CC)cc2Br)n1. The van der Waals surface area contributed by atoms with Gasteiger partial charge in [-0.3, -0.25) is 0 Å². The zero-order valence-corrected chi connectivity index (χ0v) is 14.8. The minimum absolute atomic E-state index is 0.232. The van der Waals surface area contributed by atoms with Crippen molar-refractivity contribution in [2.75, 3.05) is 0 Å². The number of hydrogen-bond acceptors (Lipinski definition) is 5. The third kappa shape index (κ3) is 4.28. The Morgan fingerprint density at radius 3 is 2.80 bits per heavy atom. The van der Waals surface area contributed by atoms with Crippen molar-refractivity contribution in [1.29, 1.82) is 0 Å². The van der Waals surface area contributed by atoms with Crippen molar-refractivity contribution in [3.8, 4) is 0 Å². The molecule has 0 radical (unpaired) electrons. The molecule has 0 saturated carbocycles. The highest BCUT2D eigenvalue weighted by Crippen LogP contribution is 2.35. The molecule has 3 nitrogen and oxygen atoms in total. The third-order valence-electron chi connectivity index (χ3n) is 2.98. The number of aromatic nitrogens is 2. The molecule has 6 heteroatoms. The molecule has 0 fully saturated rings. The van der Waals surface area contributed by atoms with Crippen LogP contribution in [-0.2, 0) is 12.8 Å². The Hall–Kier alpha value is -0.430. The number of hydrogen-bond donors (Lipinski definition) is 1. The second-order valence-electron chi connectivity index (χ2n) is 4.57. The second-order valence-corrected chi connectivity index (χ2v) is 7.46. The fraction of sp³-hybridized carbons (Fsp3) is 0.429. The Kier molecular flexibility index (Phi) is 6.01. The highest BCUT2D eigenvalue weighted by atomic mass is 79.9. The van der Waals surface area contributed by atoms with Crippen LogP contribution in [0.3, 0.4) is 0 Å². The van der Waals surface area contributed by atoms with Gasteiger partial charge < -0.3 is 5.73 Å². The van der Waals surface area contributed by atoms with Crippen LogP contribution in [0.2, 0.25) is 0 Å². The van der Waals surface area contributed by atoms with E-state index in [9.17, 15) is 0 Å². The van der Waals surface area contributed by atoms with Crippen molar-refractivity contribution < 1.29 is 0 Å². The summed E-state index contributed by atoms with van der Waals surface area (Å²) in [4.78, 5) is 5.64. The first-order valence-electron chi connectivity index (χ1n) is 6.66. The molecule has 1 aromatic heterocycles. The summed E-state index contributed by atoms with van der Waals surface area (Å²) in [5.41, 5.74) is 7.26. The van der Waals surface area contributed by atoms with Crippen molar-refractivity contribution in [1.82, 2.24) is 9.36 Å². The minimum Gasteiger partial charge on any atom is -0.327 e. The van der Waals surface area contributed by atoms with Crippen LogP contribution in [0.5, 0.6) is 0 Å². The molecule has 2 rings (SSSR count). The van der Waals surface area contributed by atoms with E-state index >= 15 is 0 Å². The van der Waals surface area contributed by atoms with E-state index in [-0.39, 0.29) is 6.04 Å². The van der Waals surface area contributed by atoms with E-state index in [0.29, 0.717) is 0 Å². The first-order chi connectivity index (χ1) is 9.62. The van der Waals surface area contributed by atoms with Gasteiger partial charge in [0.25, 0.3) is 0 Å². The second kappa shape index (κ2) is 7.54. The maximum Gasteiger partial charge on any atom is 0.174 e. The lowest BCUT2D eigenvalue weighted by Crippen LogP contribution is -2.21. The summed E-state index contributed by atoms with van der Waals surface area (Å²) in [6.45, 7) is 4.18. The number of rotatable bonds is 6. The lowest BCUT2D eigenvalue weighted by Gasteiger charge is -2.10. The van der Waals surface area contributed by atoms with E-state index in [0.717, 1.165) is 38.8 Å². The summed E-state index contributed by atoms with van der Waals surface area (Å²) in [6.07, 6.45) is 2.80. The molecule has 1 unspecified atom stereocenters. The van der Waals surface area contributed by atoms with Crippen LogP contribution in [0.4, 0.5) is 0 Å². The molecule has 20 heavy (non-hydrogen) atoms. The van der Waals surface area contributed by atoms with Crippen molar-refractivity contribution in [3.05, 3.63) is 34.1 Å². The van der Waals surface area contributed by atoms with E-state index in [1.807, 2.05) is 0 Å². The Morgan fingerprint density at radius 1 is 1.40 bits per heavy atom. The summed E-state index contributed by atoms with van der Waals surface area (Å²) < 4.78 is 6.39. The number of nitrogens with zero attached hydrogens (tertiary/aromatic N) is 2. The summed E-state index contributed by atoms with van der Waals surface area (Å²) in [5, 5.41) is 0. The van der Waals surface area contributed by atoms with E-state index in [1.165, 1.54) is 17.1 Å². The normalized spacial score (nSPS) is 12.6. The molecular formula is C14H18BrN3S2. The Labute approximate surface area is 136 Å². The molecule has 0 spiro atoms. The number of aryl methyl sites for hydroxylation is 1. The van der Waals surface area contributed by atoms with Gasteiger partial charge in [-0.2, -0.15) is 4.37 Å². The summed E-state index contributed by atoms with van der Waals surface area (Å²) in [6, 6.07) is 6.65. The molecule has 108 valence electrons. The summed E-state index contributed by atoms with van der Waals surface area (Å²) in [5.74, 6) is 0.916. The van der Waals surface area contributed by atoms with Gasteiger partial charge in [0.05, 0.1) is 0 Å². The molecule has 0 saturated heterocycles. The average Bonchev–Trinajstić information content (AvgIpc) is 2.89. The van der Waals surface area contributed by atoms with Crippen LogP contribution < -0.4 is 5.73 Å². The molecule has 0 aliphatic carbocycles. The topological polar surface area (TPSA) is 51.8 Å². The fourth-order valence-electron chi connectivity index (χ4n) is 1.72. The highest BCUT2D eigenvalue weighted by Gasteiger charge is 2.09. The third-order valence-corrected chi connectivity index (χ3v) is 5.76. The molecule has 1 heterocycles. The molecule has 2 N–H and O–H groups in total. The summed E-state index contributed by atoms with van der Waals surface area (Å²) in [7, 11) is 0. The standard InChI is InChI=1S/C14H18BrN3S2/c1-3-10(16)7-9-5-6-12(11(15)8-9)19-14-17-13(4-2)18-20-14/h5-6,8,10H,3-4,7,16H2,1-2H3. The lowest BCUT2D eigenvalue weighted by molar-refractivity contribution is 0.646. The summed E-state index contributed by atoms with van der Waals surface area (Å²) >= 11 is 6.74. The van der Waals surface area contributed by atoms with Gasteiger partial charge >= 0.3 is 0 Å². The van der Waals surface area contributed by atoms with E-state index in [1.54, 1.807) is 11.8 Å². The average molecular weight is 372 g/mol. The van der Waals surface area contributed by atoms with Gasteiger partial charge in [0.2, 0.25) is 0 Å². The largest absolute Gasteiger partial charge is 0.327 e. The fourth-order valence-corrected chi connectivity index (χ4v) is 4.05. The Bertz CT molecular complexity index is 571. The van der Waals surface area contributed by atoms with Crippen LogP contribution in [0.1, 0.15) is 31.7 Å². The van der Waals surface area contributed by atoms with Crippen LogP contribution in [0, 0.1) is 0 Å². The zero-order chi connectivity index (χ0) is 14.5. The van der Waals surface area contributed by atoms with E-state index < -0.39 is 0 Å². The quantitative estimate of drug-likeness (QED) is 0.822. The van der Waals surface area contributed by atoms with Crippen molar-refractivity contribution in [2.45, 2.75) is 48.4 Å². The number of benzene rings is 1. The van der Waals surface area contributed by atoms with Crippen molar-refractivity contribution in [2.24, 2.45) is 5.73 Å². The molecule has 0 aliphatic rings. The molecule has 0 bridgehead atoms. The van der Waals surface area contributed by atoms with Crippen LogP contribution >= 0.6 is 39.2 Å². The van der Waals surface area contributed by atoms with Gasteiger partial charge in [0.1, 0.15) is 5.82 Å². The van der Waals surface area contributed by atoms with Gasteiger partial charge in [-0.15, -0.1) is 0 Å². The predicted molar refractivity (Wildman–Crippen MR) is 89.5 cm³/mol. The first kappa shape index (κ1) is 15.9. The highest BCUT2D eigenvalue weighted by molar-refractivity contribution is 9.10. The number of halogens is 1. The number of nitrogens with two attached hydrogens (primary N) is 1. The van der Waals surface area contributed by atoms with Gasteiger partial charge in [-0.25, -0.2) is 4.98 Å². The first-order valence-corrected chi connectivity index (χ1v) is 9.05. The maximum atomic E-state index is 6.00. The van der Waals surface area contributed by atoms with Gasteiger partial charge in [0.15, 0.2) is 4.34 Å². The van der Waals surface area contributed by atoms with Crippen LogP contribution in [-0.4, -0.2) is 15.4 Å². The maximum absolute atomic E-state index is 6.00. The minimum atomic E-state index is 0.232. The Morgan fingerprint density at radius 2 is 2.20 bits per heavy atom. The predicted octanol–water partition coefficient (Wildman–Crippen LogP) is 4.29. The monoisotopic (exact) mass is 371 g/mol. The molecular weight excluding hydrogens is 354 g/mol. The van der Waals surface area contributed by atoms with Crippen LogP contribution in [0.25, 0.3) is 0 Å². The van der Waals surface area contributed by atoms with Gasteiger partial charge in [0, 0.05) is 21.8 Å². The molecule has 0 aliphatic heterocycles. The van der Waals surface area contributed by atoms with Crippen LogP contribution in [0.15, 0.2) is 31.9 Å². The zero-order valence-electron chi connectivity index (χ0n) is 11.6.